The van der Waals surface area contributed by atoms with Crippen molar-refractivity contribution in [2.24, 2.45) is 0 Å². The second-order valence-electron chi connectivity index (χ2n) is 2.61. The van der Waals surface area contributed by atoms with Gasteiger partial charge in [-0.15, -0.1) is 0 Å². The van der Waals surface area contributed by atoms with Crippen LogP contribution in [0.15, 0.2) is 12.1 Å². The second-order valence-corrected chi connectivity index (χ2v) is 2.61. The summed E-state index contributed by atoms with van der Waals surface area (Å²) in [6, 6.07) is 2.06. The molecule has 0 amide bonds. The van der Waals surface area contributed by atoms with E-state index in [1.165, 1.54) is 13.2 Å². The molecule has 0 aliphatic heterocycles. The lowest BCUT2D eigenvalue weighted by Crippen LogP contribution is -2.30. The van der Waals surface area contributed by atoms with Crippen molar-refractivity contribution in [3.05, 3.63) is 23.5 Å². The minimum absolute atomic E-state index is 0.0249. The summed E-state index contributed by atoms with van der Waals surface area (Å²) in [6.07, 6.45) is 0.307. The standard InChI is InChI=1S/C8H8BFO4/c1-14-8-3-5(9(12)13)2-7(10)6(8)4-11/h2-4,12-13H,1H3. The minimum atomic E-state index is -1.79. The molecule has 0 saturated heterocycles. The van der Waals surface area contributed by atoms with Crippen molar-refractivity contribution in [3.63, 3.8) is 0 Å². The Kier molecular flexibility index (Phi) is 3.21. The Morgan fingerprint density at radius 2 is 2.14 bits per heavy atom. The van der Waals surface area contributed by atoms with Crippen LogP contribution in [-0.4, -0.2) is 30.6 Å². The van der Waals surface area contributed by atoms with Gasteiger partial charge in [0.2, 0.25) is 0 Å². The van der Waals surface area contributed by atoms with Gasteiger partial charge in [-0.3, -0.25) is 4.79 Å². The fourth-order valence-electron chi connectivity index (χ4n) is 1.04. The van der Waals surface area contributed by atoms with Crippen LogP contribution in [0.2, 0.25) is 0 Å². The Balaban J connectivity index is 3.31. The first-order valence-corrected chi connectivity index (χ1v) is 3.79. The molecule has 0 heterocycles. The first-order valence-electron chi connectivity index (χ1n) is 3.79. The third-order valence-corrected chi connectivity index (χ3v) is 1.75. The molecule has 1 rings (SSSR count). The third-order valence-electron chi connectivity index (χ3n) is 1.75. The van der Waals surface area contributed by atoms with E-state index in [0.29, 0.717) is 6.29 Å². The van der Waals surface area contributed by atoms with Crippen LogP contribution < -0.4 is 10.2 Å². The first-order chi connectivity index (χ1) is 6.60. The van der Waals surface area contributed by atoms with E-state index in [9.17, 15) is 9.18 Å². The van der Waals surface area contributed by atoms with Gasteiger partial charge in [0, 0.05) is 0 Å². The fourth-order valence-corrected chi connectivity index (χ4v) is 1.04. The summed E-state index contributed by atoms with van der Waals surface area (Å²) in [6.45, 7) is 0. The molecule has 0 fully saturated rings. The van der Waals surface area contributed by atoms with E-state index in [0.717, 1.165) is 6.07 Å². The number of hydrogen-bond acceptors (Lipinski definition) is 4. The Hall–Kier alpha value is -1.40. The number of benzene rings is 1. The number of rotatable bonds is 3. The van der Waals surface area contributed by atoms with Gasteiger partial charge in [-0.25, -0.2) is 4.39 Å². The zero-order chi connectivity index (χ0) is 10.7. The van der Waals surface area contributed by atoms with Crippen molar-refractivity contribution in [2.75, 3.05) is 7.11 Å². The van der Waals surface area contributed by atoms with Gasteiger partial charge in [-0.05, 0) is 17.6 Å². The highest BCUT2D eigenvalue weighted by Gasteiger charge is 2.17. The summed E-state index contributed by atoms with van der Waals surface area (Å²) < 4.78 is 17.8. The zero-order valence-corrected chi connectivity index (χ0v) is 7.40. The van der Waals surface area contributed by atoms with Crippen LogP contribution in [0.3, 0.4) is 0 Å². The SMILES string of the molecule is COc1cc(B(O)O)cc(F)c1C=O. The summed E-state index contributed by atoms with van der Waals surface area (Å²) in [7, 11) is -0.533. The molecule has 0 aliphatic carbocycles. The van der Waals surface area contributed by atoms with Crippen LogP contribution in [0, 0.1) is 5.82 Å². The Bertz CT molecular complexity index is 353. The molecule has 2 N–H and O–H groups in total. The van der Waals surface area contributed by atoms with Crippen LogP contribution in [-0.2, 0) is 0 Å². The molecule has 0 radical (unpaired) electrons. The molecule has 0 bridgehead atoms. The highest BCUT2D eigenvalue weighted by Crippen LogP contribution is 2.17. The molecule has 1 aromatic carbocycles. The lowest BCUT2D eigenvalue weighted by Gasteiger charge is -2.07. The molecular formula is C8H8BFO4. The van der Waals surface area contributed by atoms with Gasteiger partial charge in [-0.2, -0.15) is 0 Å². The topological polar surface area (TPSA) is 66.8 Å². The van der Waals surface area contributed by atoms with E-state index in [2.05, 4.69) is 0 Å². The summed E-state index contributed by atoms with van der Waals surface area (Å²) in [5.74, 6) is -0.870. The van der Waals surface area contributed by atoms with Crippen molar-refractivity contribution in [2.45, 2.75) is 0 Å². The first kappa shape index (κ1) is 10.7. The molecular weight excluding hydrogens is 190 g/mol. The predicted molar refractivity (Wildman–Crippen MR) is 48.2 cm³/mol. The molecule has 74 valence electrons. The maximum atomic E-state index is 13.1. The van der Waals surface area contributed by atoms with Crippen LogP contribution in [0.5, 0.6) is 5.75 Å². The summed E-state index contributed by atoms with van der Waals surface area (Å²) in [5.41, 5.74) is -0.304. The lowest BCUT2D eigenvalue weighted by molar-refractivity contribution is 0.111. The molecule has 6 heteroatoms. The largest absolute Gasteiger partial charge is 0.496 e. The van der Waals surface area contributed by atoms with Crippen LogP contribution in [0.25, 0.3) is 0 Å². The predicted octanol–water partition coefficient (Wildman–Crippen LogP) is -0.673. The van der Waals surface area contributed by atoms with E-state index in [4.69, 9.17) is 14.8 Å². The third kappa shape index (κ3) is 1.91. The summed E-state index contributed by atoms with van der Waals surface area (Å²) >= 11 is 0. The lowest BCUT2D eigenvalue weighted by atomic mass is 9.79. The van der Waals surface area contributed by atoms with Crippen molar-refractivity contribution >= 4 is 18.9 Å². The smallest absolute Gasteiger partial charge is 0.488 e. The molecule has 4 nitrogen and oxygen atoms in total. The highest BCUT2D eigenvalue weighted by molar-refractivity contribution is 6.58. The van der Waals surface area contributed by atoms with Crippen molar-refractivity contribution in [1.82, 2.24) is 0 Å². The van der Waals surface area contributed by atoms with Gasteiger partial charge in [0.05, 0.1) is 12.7 Å². The van der Waals surface area contributed by atoms with Gasteiger partial charge in [0.15, 0.2) is 6.29 Å². The number of carbonyl (C=O) groups is 1. The van der Waals surface area contributed by atoms with Crippen LogP contribution in [0.4, 0.5) is 4.39 Å². The number of carbonyl (C=O) groups excluding carboxylic acids is 1. The van der Waals surface area contributed by atoms with Gasteiger partial charge in [0.1, 0.15) is 11.6 Å². The molecule has 0 saturated carbocycles. The van der Waals surface area contributed by atoms with E-state index in [1.807, 2.05) is 0 Å². The van der Waals surface area contributed by atoms with E-state index >= 15 is 0 Å². The van der Waals surface area contributed by atoms with Gasteiger partial charge in [-0.1, -0.05) is 0 Å². The number of aldehydes is 1. The maximum absolute atomic E-state index is 13.1. The number of hydrogen-bond donors (Lipinski definition) is 2. The molecule has 14 heavy (non-hydrogen) atoms. The van der Waals surface area contributed by atoms with Gasteiger partial charge >= 0.3 is 7.12 Å². The van der Waals surface area contributed by atoms with Gasteiger partial charge in [0.25, 0.3) is 0 Å². The Labute approximate surface area is 80.1 Å². The maximum Gasteiger partial charge on any atom is 0.488 e. The molecule has 0 aliphatic rings. The molecule has 0 aromatic heterocycles. The van der Waals surface area contributed by atoms with Crippen molar-refractivity contribution < 1.29 is 24.0 Å². The molecule has 0 unspecified atom stereocenters. The van der Waals surface area contributed by atoms with Crippen molar-refractivity contribution in [1.29, 1.82) is 0 Å². The number of methoxy groups -OCH3 is 1. The van der Waals surface area contributed by atoms with Gasteiger partial charge < -0.3 is 14.8 Å². The minimum Gasteiger partial charge on any atom is -0.496 e. The number of halogens is 1. The average Bonchev–Trinajstić information content (AvgIpc) is 2.16. The van der Waals surface area contributed by atoms with Crippen molar-refractivity contribution in [3.8, 4) is 5.75 Å². The Morgan fingerprint density at radius 1 is 1.50 bits per heavy atom. The summed E-state index contributed by atoms with van der Waals surface area (Å²) in [4.78, 5) is 10.4. The Morgan fingerprint density at radius 3 is 2.57 bits per heavy atom. The highest BCUT2D eigenvalue weighted by atomic mass is 19.1. The molecule has 1 aromatic rings. The average molecular weight is 198 g/mol. The summed E-state index contributed by atoms with van der Waals surface area (Å²) in [5, 5.41) is 17.6. The van der Waals surface area contributed by atoms with E-state index in [-0.39, 0.29) is 16.8 Å². The van der Waals surface area contributed by atoms with Crippen LogP contribution in [0.1, 0.15) is 10.4 Å². The zero-order valence-electron chi connectivity index (χ0n) is 7.40. The normalized spacial score (nSPS) is 9.71. The fraction of sp³-hybridized carbons (Fsp3) is 0.125. The molecule has 0 atom stereocenters. The quantitative estimate of drug-likeness (QED) is 0.499. The van der Waals surface area contributed by atoms with E-state index in [1.54, 1.807) is 0 Å². The van der Waals surface area contributed by atoms with Crippen LogP contribution >= 0.6 is 0 Å². The second kappa shape index (κ2) is 4.21. The number of ether oxygens (including phenoxy) is 1. The molecule has 0 spiro atoms. The van der Waals surface area contributed by atoms with E-state index < -0.39 is 12.9 Å². The monoisotopic (exact) mass is 198 g/mol.